The molecule has 1 amide bonds. The van der Waals surface area contributed by atoms with Gasteiger partial charge in [-0.15, -0.1) is 0 Å². The zero-order valence-electron chi connectivity index (χ0n) is 12.6. The van der Waals surface area contributed by atoms with Crippen LogP contribution in [0.3, 0.4) is 0 Å². The third-order valence-corrected chi connectivity index (χ3v) is 3.55. The van der Waals surface area contributed by atoms with Crippen molar-refractivity contribution >= 4 is 16.2 Å². The zero-order valence-corrected chi connectivity index (χ0v) is 13.4. The number of hydrogen-bond donors (Lipinski definition) is 0. The van der Waals surface area contributed by atoms with Gasteiger partial charge in [-0.3, -0.25) is 0 Å². The quantitative estimate of drug-likeness (QED) is 0.568. The van der Waals surface area contributed by atoms with Gasteiger partial charge < -0.3 is 8.92 Å². The molecule has 0 aromatic rings. The summed E-state index contributed by atoms with van der Waals surface area (Å²) >= 11 is 0. The first kappa shape index (κ1) is 18.6. The Kier molecular flexibility index (Phi) is 5.05. The van der Waals surface area contributed by atoms with E-state index in [2.05, 4.69) is 4.18 Å². The van der Waals surface area contributed by atoms with Gasteiger partial charge in [0.05, 0.1) is 0 Å². The number of carbonyl (C=O) groups is 1. The molecule has 0 aliphatic carbocycles. The van der Waals surface area contributed by atoms with E-state index in [9.17, 15) is 26.4 Å². The molecule has 128 valence electrons. The molecule has 0 aromatic carbocycles. The first-order valence-electron chi connectivity index (χ1n) is 6.46. The van der Waals surface area contributed by atoms with E-state index in [1.54, 1.807) is 27.7 Å². The summed E-state index contributed by atoms with van der Waals surface area (Å²) in [4.78, 5) is 12.7. The normalized spacial score (nSPS) is 20.4. The van der Waals surface area contributed by atoms with Gasteiger partial charge in [-0.1, -0.05) is 6.92 Å². The van der Waals surface area contributed by atoms with Crippen molar-refractivity contribution in [2.75, 3.05) is 6.54 Å². The summed E-state index contributed by atoms with van der Waals surface area (Å²) in [6, 6.07) is 0. The van der Waals surface area contributed by atoms with E-state index < -0.39 is 33.2 Å². The van der Waals surface area contributed by atoms with E-state index in [1.165, 1.54) is 0 Å². The lowest BCUT2D eigenvalue weighted by atomic mass is 10.0. The second-order valence-corrected chi connectivity index (χ2v) is 7.42. The molecule has 0 saturated heterocycles. The van der Waals surface area contributed by atoms with Crippen LogP contribution in [0.2, 0.25) is 0 Å². The Morgan fingerprint density at radius 1 is 1.32 bits per heavy atom. The average Bonchev–Trinajstić information content (AvgIpc) is 2.23. The van der Waals surface area contributed by atoms with Crippen molar-refractivity contribution in [2.45, 2.75) is 45.2 Å². The van der Waals surface area contributed by atoms with E-state index in [1.807, 2.05) is 0 Å². The van der Waals surface area contributed by atoms with Gasteiger partial charge in [0.1, 0.15) is 5.60 Å². The predicted octanol–water partition coefficient (Wildman–Crippen LogP) is 2.97. The number of rotatable bonds is 2. The number of amides is 1. The first-order valence-corrected chi connectivity index (χ1v) is 7.87. The average molecular weight is 345 g/mol. The number of nitrogens with zero attached hydrogens (tertiary/aromatic N) is 1. The second kappa shape index (κ2) is 5.98. The summed E-state index contributed by atoms with van der Waals surface area (Å²) in [5.41, 5.74) is -6.46. The molecule has 0 spiro atoms. The molecule has 0 N–H and O–H groups in total. The maximum absolute atomic E-state index is 12.4. The smallest absolute Gasteiger partial charge is 0.443 e. The number of alkyl halides is 3. The largest absolute Gasteiger partial charge is 0.534 e. The van der Waals surface area contributed by atoms with E-state index >= 15 is 0 Å². The molecule has 0 bridgehead atoms. The molecule has 0 fully saturated rings. The van der Waals surface area contributed by atoms with E-state index in [-0.39, 0.29) is 12.5 Å². The summed E-state index contributed by atoms with van der Waals surface area (Å²) in [5, 5.41) is 0. The Labute approximate surface area is 127 Å². The van der Waals surface area contributed by atoms with Crippen molar-refractivity contribution in [2.24, 2.45) is 5.92 Å². The van der Waals surface area contributed by atoms with Crippen molar-refractivity contribution in [3.05, 3.63) is 12.0 Å². The molecule has 6 nitrogen and oxygen atoms in total. The summed E-state index contributed by atoms with van der Waals surface area (Å²) < 4.78 is 68.6. The van der Waals surface area contributed by atoms with Crippen LogP contribution in [0.25, 0.3) is 0 Å². The van der Waals surface area contributed by atoms with Gasteiger partial charge in [0.2, 0.25) is 5.88 Å². The predicted molar refractivity (Wildman–Crippen MR) is 70.9 cm³/mol. The third kappa shape index (κ3) is 4.79. The van der Waals surface area contributed by atoms with Crippen LogP contribution in [-0.4, -0.2) is 37.1 Å². The molecule has 22 heavy (non-hydrogen) atoms. The lowest BCUT2D eigenvalue weighted by Crippen LogP contribution is -2.41. The molecule has 1 aliphatic heterocycles. The number of ether oxygens (including phenoxy) is 1. The van der Waals surface area contributed by atoms with Crippen LogP contribution in [0.1, 0.15) is 34.1 Å². The molecule has 1 aliphatic rings. The van der Waals surface area contributed by atoms with Crippen LogP contribution in [0.15, 0.2) is 12.0 Å². The molecule has 1 heterocycles. The van der Waals surface area contributed by atoms with E-state index in [0.717, 1.165) is 11.0 Å². The van der Waals surface area contributed by atoms with Crippen molar-refractivity contribution in [1.82, 2.24) is 4.90 Å². The lowest BCUT2D eigenvalue weighted by molar-refractivity contribution is -0.0545. The van der Waals surface area contributed by atoms with Crippen molar-refractivity contribution in [3.63, 3.8) is 0 Å². The molecule has 1 rings (SSSR count). The first-order chi connectivity index (χ1) is 9.73. The minimum Gasteiger partial charge on any atom is -0.443 e. The van der Waals surface area contributed by atoms with E-state index in [0.29, 0.717) is 6.42 Å². The highest BCUT2D eigenvalue weighted by Crippen LogP contribution is 2.30. The molecule has 0 aromatic heterocycles. The van der Waals surface area contributed by atoms with Gasteiger partial charge in [0, 0.05) is 6.54 Å². The van der Waals surface area contributed by atoms with Crippen LogP contribution in [0.5, 0.6) is 0 Å². The molecule has 1 atom stereocenters. The van der Waals surface area contributed by atoms with Crippen LogP contribution in [0.4, 0.5) is 18.0 Å². The molecular weight excluding hydrogens is 327 g/mol. The third-order valence-electron chi connectivity index (χ3n) is 2.59. The fraction of sp³-hybridized carbons (Fsp3) is 0.750. The SMILES string of the molecule is CC1C=C(OS(=O)(=O)C(F)(F)F)N(C(=O)OC(C)(C)C)CC1. The zero-order chi connectivity index (χ0) is 17.3. The highest BCUT2D eigenvalue weighted by molar-refractivity contribution is 7.87. The van der Waals surface area contributed by atoms with Gasteiger partial charge >= 0.3 is 21.7 Å². The van der Waals surface area contributed by atoms with Gasteiger partial charge in [0.15, 0.2) is 0 Å². The second-order valence-electron chi connectivity index (χ2n) is 5.89. The number of carbonyl (C=O) groups excluding carboxylic acids is 1. The number of halogens is 3. The molecular formula is C12H18F3NO5S. The molecule has 0 saturated carbocycles. The van der Waals surface area contributed by atoms with Crippen LogP contribution in [0, 0.1) is 5.92 Å². The summed E-state index contributed by atoms with van der Waals surface area (Å²) in [5.74, 6) is -0.928. The highest BCUT2D eigenvalue weighted by Gasteiger charge is 2.50. The maximum Gasteiger partial charge on any atom is 0.534 e. The van der Waals surface area contributed by atoms with Crippen LogP contribution in [-0.2, 0) is 19.0 Å². The van der Waals surface area contributed by atoms with E-state index in [4.69, 9.17) is 4.74 Å². The molecule has 1 unspecified atom stereocenters. The van der Waals surface area contributed by atoms with Gasteiger partial charge in [-0.05, 0) is 39.2 Å². The Hall–Kier alpha value is -1.45. The lowest BCUT2D eigenvalue weighted by Gasteiger charge is -2.31. The minimum atomic E-state index is -5.85. The van der Waals surface area contributed by atoms with Crippen molar-refractivity contribution in [1.29, 1.82) is 0 Å². The Balaban J connectivity index is 3.04. The monoisotopic (exact) mass is 345 g/mol. The topological polar surface area (TPSA) is 72.9 Å². The minimum absolute atomic E-state index is 0.00467. The van der Waals surface area contributed by atoms with Gasteiger partial charge in [0.25, 0.3) is 0 Å². The highest BCUT2D eigenvalue weighted by atomic mass is 32.2. The standard InChI is InChI=1S/C12H18F3NO5S/c1-8-5-6-16(10(17)20-11(2,3)4)9(7-8)21-22(18,19)12(13,14)15/h7-8H,5-6H2,1-4H3. The van der Waals surface area contributed by atoms with Crippen LogP contribution < -0.4 is 0 Å². The number of hydrogen-bond acceptors (Lipinski definition) is 5. The Morgan fingerprint density at radius 2 is 1.86 bits per heavy atom. The Bertz CT molecular complexity index is 562. The fourth-order valence-corrected chi connectivity index (χ4v) is 2.06. The Morgan fingerprint density at radius 3 is 2.32 bits per heavy atom. The van der Waals surface area contributed by atoms with Crippen molar-refractivity contribution < 1.29 is 35.3 Å². The van der Waals surface area contributed by atoms with Crippen molar-refractivity contribution in [3.8, 4) is 0 Å². The summed E-state index contributed by atoms with van der Waals surface area (Å²) in [6.07, 6.45) is 0.623. The maximum atomic E-state index is 12.4. The van der Waals surface area contributed by atoms with Crippen LogP contribution >= 0.6 is 0 Å². The van der Waals surface area contributed by atoms with Gasteiger partial charge in [-0.25, -0.2) is 9.69 Å². The van der Waals surface area contributed by atoms with Gasteiger partial charge in [-0.2, -0.15) is 21.6 Å². The molecule has 0 radical (unpaired) electrons. The molecule has 10 heteroatoms. The number of allylic oxidation sites excluding steroid dienone is 1. The summed E-state index contributed by atoms with van der Waals surface area (Å²) in [7, 11) is -5.85. The summed E-state index contributed by atoms with van der Waals surface area (Å²) in [6.45, 7) is 6.39. The fourth-order valence-electron chi connectivity index (χ4n) is 1.59.